The van der Waals surface area contributed by atoms with Crippen LogP contribution in [0.2, 0.25) is 5.02 Å². The van der Waals surface area contributed by atoms with Crippen LogP contribution in [0.15, 0.2) is 47.8 Å². The number of aromatic nitrogens is 1. The third-order valence-corrected chi connectivity index (χ3v) is 4.62. The van der Waals surface area contributed by atoms with Crippen molar-refractivity contribution in [1.82, 2.24) is 4.98 Å². The number of carbonyl (C=O) groups is 1. The van der Waals surface area contributed by atoms with Gasteiger partial charge in [0.05, 0.1) is 20.6 Å². The smallest absolute Gasteiger partial charge is 0.271 e. The van der Waals surface area contributed by atoms with Crippen molar-refractivity contribution in [2.75, 3.05) is 11.9 Å². The van der Waals surface area contributed by atoms with E-state index in [4.69, 9.17) is 16.3 Å². The number of hydrogen-bond donors (Lipinski definition) is 1. The van der Waals surface area contributed by atoms with E-state index in [-0.39, 0.29) is 29.0 Å². The molecular weight excluding hydrogens is 390 g/mol. The van der Waals surface area contributed by atoms with Crippen LogP contribution in [-0.2, 0) is 4.79 Å². The highest BCUT2D eigenvalue weighted by atomic mass is 35.5. The summed E-state index contributed by atoms with van der Waals surface area (Å²) in [4.78, 5) is 26.7. The first-order valence-electron chi connectivity index (χ1n) is 7.81. The quantitative estimate of drug-likeness (QED) is 0.475. The SMILES string of the molecule is Cc1nc(-c2cccc(NC(=O)COc3ccc([N+](=O)[O-])cc3Cl)c2)cs1. The zero-order valence-corrected chi connectivity index (χ0v) is 15.7. The van der Waals surface area contributed by atoms with Crippen molar-refractivity contribution >= 4 is 40.2 Å². The van der Waals surface area contributed by atoms with Crippen LogP contribution in [0.25, 0.3) is 11.3 Å². The number of ether oxygens (including phenoxy) is 1. The van der Waals surface area contributed by atoms with Crippen molar-refractivity contribution < 1.29 is 14.5 Å². The molecule has 1 aromatic heterocycles. The van der Waals surface area contributed by atoms with Crippen LogP contribution < -0.4 is 10.1 Å². The van der Waals surface area contributed by atoms with Gasteiger partial charge in [-0.2, -0.15) is 0 Å². The number of carbonyl (C=O) groups excluding carboxylic acids is 1. The fraction of sp³-hybridized carbons (Fsp3) is 0.111. The molecule has 7 nitrogen and oxygen atoms in total. The Morgan fingerprint density at radius 3 is 2.81 bits per heavy atom. The summed E-state index contributed by atoms with van der Waals surface area (Å²) in [5.41, 5.74) is 2.21. The molecule has 0 aliphatic carbocycles. The summed E-state index contributed by atoms with van der Waals surface area (Å²) in [5, 5.41) is 16.4. The van der Waals surface area contributed by atoms with Gasteiger partial charge in [0.15, 0.2) is 6.61 Å². The Kier molecular flexibility index (Phi) is 5.68. The van der Waals surface area contributed by atoms with E-state index in [0.29, 0.717) is 5.69 Å². The van der Waals surface area contributed by atoms with Crippen LogP contribution in [0, 0.1) is 17.0 Å². The van der Waals surface area contributed by atoms with Crippen LogP contribution in [0.1, 0.15) is 5.01 Å². The third kappa shape index (κ3) is 4.81. The van der Waals surface area contributed by atoms with Gasteiger partial charge in [-0.15, -0.1) is 11.3 Å². The molecule has 0 unspecified atom stereocenters. The monoisotopic (exact) mass is 403 g/mol. The minimum Gasteiger partial charge on any atom is -0.482 e. The number of amides is 1. The highest BCUT2D eigenvalue weighted by Crippen LogP contribution is 2.29. The average molecular weight is 404 g/mol. The van der Waals surface area contributed by atoms with Gasteiger partial charge in [-0.05, 0) is 25.1 Å². The second-order valence-corrected chi connectivity index (χ2v) is 7.01. The predicted molar refractivity (Wildman–Crippen MR) is 105 cm³/mol. The lowest BCUT2D eigenvalue weighted by molar-refractivity contribution is -0.384. The number of nitro groups is 1. The molecule has 0 radical (unpaired) electrons. The molecule has 138 valence electrons. The number of nitrogens with zero attached hydrogens (tertiary/aromatic N) is 2. The van der Waals surface area contributed by atoms with Crippen molar-refractivity contribution in [3.05, 3.63) is 68.0 Å². The molecule has 1 amide bonds. The minimum atomic E-state index is -0.556. The van der Waals surface area contributed by atoms with Gasteiger partial charge in [-0.3, -0.25) is 14.9 Å². The number of hydrogen-bond acceptors (Lipinski definition) is 6. The maximum atomic E-state index is 12.1. The molecule has 27 heavy (non-hydrogen) atoms. The van der Waals surface area contributed by atoms with E-state index < -0.39 is 4.92 Å². The van der Waals surface area contributed by atoms with E-state index in [1.165, 1.54) is 18.2 Å². The molecule has 2 aromatic carbocycles. The molecule has 0 saturated heterocycles. The van der Waals surface area contributed by atoms with Gasteiger partial charge in [-0.1, -0.05) is 23.7 Å². The summed E-state index contributed by atoms with van der Waals surface area (Å²) in [5.74, 6) is -0.180. The molecular formula is C18H14ClN3O4S. The van der Waals surface area contributed by atoms with Crippen molar-refractivity contribution in [3.8, 4) is 17.0 Å². The summed E-state index contributed by atoms with van der Waals surface area (Å²) in [6, 6.07) is 11.1. The summed E-state index contributed by atoms with van der Waals surface area (Å²) >= 11 is 7.50. The molecule has 3 rings (SSSR count). The molecule has 0 saturated carbocycles. The first-order valence-corrected chi connectivity index (χ1v) is 9.07. The first kappa shape index (κ1) is 18.8. The standard InChI is InChI=1S/C18H14ClN3O4S/c1-11-20-16(10-27-11)12-3-2-4-13(7-12)21-18(23)9-26-17-6-5-14(22(24)25)8-15(17)19/h2-8,10H,9H2,1H3,(H,21,23). The molecule has 0 bridgehead atoms. The summed E-state index contributed by atoms with van der Waals surface area (Å²) < 4.78 is 5.35. The van der Waals surface area contributed by atoms with Crippen LogP contribution in [0.4, 0.5) is 11.4 Å². The van der Waals surface area contributed by atoms with Gasteiger partial charge in [0.1, 0.15) is 5.75 Å². The number of benzene rings is 2. The maximum absolute atomic E-state index is 12.1. The normalized spacial score (nSPS) is 10.4. The Morgan fingerprint density at radius 1 is 1.33 bits per heavy atom. The van der Waals surface area contributed by atoms with E-state index in [0.717, 1.165) is 16.3 Å². The van der Waals surface area contributed by atoms with E-state index >= 15 is 0 Å². The molecule has 9 heteroatoms. The Hall–Kier alpha value is -2.97. The number of nitrogens with one attached hydrogen (secondary N) is 1. The molecule has 1 heterocycles. The second-order valence-electron chi connectivity index (χ2n) is 5.54. The van der Waals surface area contributed by atoms with Gasteiger partial charge >= 0.3 is 0 Å². The van der Waals surface area contributed by atoms with Gasteiger partial charge in [0.2, 0.25) is 0 Å². The van der Waals surface area contributed by atoms with Gasteiger partial charge in [0, 0.05) is 28.8 Å². The second kappa shape index (κ2) is 8.15. The fourth-order valence-electron chi connectivity index (χ4n) is 2.31. The minimum absolute atomic E-state index is 0.0675. The number of aryl methyl sites for hydroxylation is 1. The highest BCUT2D eigenvalue weighted by molar-refractivity contribution is 7.09. The summed E-state index contributed by atoms with van der Waals surface area (Å²) in [6.45, 7) is 1.65. The van der Waals surface area contributed by atoms with Gasteiger partial charge < -0.3 is 10.1 Å². The predicted octanol–water partition coefficient (Wildman–Crippen LogP) is 4.70. The van der Waals surface area contributed by atoms with Crippen molar-refractivity contribution in [3.63, 3.8) is 0 Å². The molecule has 1 N–H and O–H groups in total. The average Bonchev–Trinajstić information content (AvgIpc) is 3.07. The number of non-ortho nitro benzene ring substituents is 1. The zero-order valence-electron chi connectivity index (χ0n) is 14.1. The third-order valence-electron chi connectivity index (χ3n) is 3.55. The lowest BCUT2D eigenvalue weighted by Gasteiger charge is -2.09. The lowest BCUT2D eigenvalue weighted by Crippen LogP contribution is -2.20. The zero-order chi connectivity index (χ0) is 19.4. The molecule has 0 aliphatic heterocycles. The van der Waals surface area contributed by atoms with Crippen LogP contribution in [0.5, 0.6) is 5.75 Å². The Balaban J connectivity index is 1.62. The topological polar surface area (TPSA) is 94.4 Å². The van der Waals surface area contributed by atoms with Crippen LogP contribution in [0.3, 0.4) is 0 Å². The number of nitro benzene ring substituents is 1. The fourth-order valence-corrected chi connectivity index (χ4v) is 3.16. The van der Waals surface area contributed by atoms with Gasteiger partial charge in [0.25, 0.3) is 11.6 Å². The number of halogens is 1. The molecule has 0 spiro atoms. The summed E-state index contributed by atoms with van der Waals surface area (Å²) in [6.07, 6.45) is 0. The van der Waals surface area contributed by atoms with E-state index in [1.807, 2.05) is 30.5 Å². The molecule has 0 fully saturated rings. The molecule has 0 aliphatic rings. The number of anilines is 1. The number of thiazole rings is 1. The molecule has 0 atom stereocenters. The largest absolute Gasteiger partial charge is 0.482 e. The Bertz CT molecular complexity index is 1010. The van der Waals surface area contributed by atoms with Gasteiger partial charge in [-0.25, -0.2) is 4.98 Å². The Labute approximate surface area is 163 Å². The number of rotatable bonds is 6. The molecule has 3 aromatic rings. The first-order chi connectivity index (χ1) is 12.9. The van der Waals surface area contributed by atoms with E-state index in [9.17, 15) is 14.9 Å². The maximum Gasteiger partial charge on any atom is 0.271 e. The lowest BCUT2D eigenvalue weighted by atomic mass is 10.1. The van der Waals surface area contributed by atoms with Crippen LogP contribution >= 0.6 is 22.9 Å². The van der Waals surface area contributed by atoms with Crippen molar-refractivity contribution in [2.24, 2.45) is 0 Å². The summed E-state index contributed by atoms with van der Waals surface area (Å²) in [7, 11) is 0. The highest BCUT2D eigenvalue weighted by Gasteiger charge is 2.12. The van der Waals surface area contributed by atoms with Crippen molar-refractivity contribution in [1.29, 1.82) is 0 Å². The van der Waals surface area contributed by atoms with E-state index in [1.54, 1.807) is 17.4 Å². The van der Waals surface area contributed by atoms with E-state index in [2.05, 4.69) is 10.3 Å². The van der Waals surface area contributed by atoms with Crippen LogP contribution in [-0.4, -0.2) is 22.4 Å². The van der Waals surface area contributed by atoms with Crippen molar-refractivity contribution in [2.45, 2.75) is 6.92 Å². The Morgan fingerprint density at radius 2 is 2.15 bits per heavy atom.